The number of amides is 1. The van der Waals surface area contributed by atoms with Gasteiger partial charge in [0, 0.05) is 40.4 Å². The first-order valence-corrected chi connectivity index (χ1v) is 5.87. The zero-order valence-electron chi connectivity index (χ0n) is 11.1. The minimum Gasteiger partial charge on any atom is -0.383 e. The lowest BCUT2D eigenvalue weighted by Crippen LogP contribution is -2.48. The number of methoxy groups -OCH3 is 2. The predicted molar refractivity (Wildman–Crippen MR) is 66.9 cm³/mol. The van der Waals surface area contributed by atoms with Gasteiger partial charge in [-0.25, -0.2) is 0 Å². The average Bonchev–Trinajstić information content (AvgIpc) is 2.33. The van der Waals surface area contributed by atoms with Gasteiger partial charge in [-0.05, 0) is 6.92 Å². The van der Waals surface area contributed by atoms with Crippen molar-refractivity contribution in [2.24, 2.45) is 5.73 Å². The van der Waals surface area contributed by atoms with E-state index in [9.17, 15) is 4.79 Å². The zero-order valence-corrected chi connectivity index (χ0v) is 11.1. The number of nitrogens with zero attached hydrogens (tertiary/aromatic N) is 1. The molecule has 0 fully saturated rings. The second-order valence-electron chi connectivity index (χ2n) is 3.78. The van der Waals surface area contributed by atoms with Crippen LogP contribution >= 0.6 is 0 Å². The molecule has 3 N–H and O–H groups in total. The van der Waals surface area contributed by atoms with E-state index in [-0.39, 0.29) is 11.9 Å². The van der Waals surface area contributed by atoms with Crippen LogP contribution in [0, 0.1) is 0 Å². The predicted octanol–water partition coefficient (Wildman–Crippen LogP) is -0.955. The largest absolute Gasteiger partial charge is 0.383 e. The first-order valence-electron chi connectivity index (χ1n) is 5.87. The van der Waals surface area contributed by atoms with Crippen molar-refractivity contribution in [3.05, 3.63) is 0 Å². The third-order valence-electron chi connectivity index (χ3n) is 2.53. The van der Waals surface area contributed by atoms with Crippen LogP contribution in [0.1, 0.15) is 6.92 Å². The summed E-state index contributed by atoms with van der Waals surface area (Å²) in [5.41, 5.74) is 5.53. The maximum Gasteiger partial charge on any atom is 0.237 e. The van der Waals surface area contributed by atoms with Crippen LogP contribution in [0.15, 0.2) is 0 Å². The van der Waals surface area contributed by atoms with Crippen molar-refractivity contribution in [2.75, 3.05) is 53.6 Å². The van der Waals surface area contributed by atoms with E-state index in [0.717, 1.165) is 0 Å². The maximum absolute atomic E-state index is 11.8. The van der Waals surface area contributed by atoms with E-state index in [1.807, 2.05) is 11.8 Å². The van der Waals surface area contributed by atoms with Crippen LogP contribution in [0.2, 0.25) is 0 Å². The fraction of sp³-hybridized carbons (Fsp3) is 0.909. The molecule has 0 bridgehead atoms. The fourth-order valence-electron chi connectivity index (χ4n) is 1.46. The van der Waals surface area contributed by atoms with Gasteiger partial charge in [-0.1, -0.05) is 0 Å². The van der Waals surface area contributed by atoms with E-state index in [1.54, 1.807) is 14.2 Å². The number of rotatable bonds is 10. The van der Waals surface area contributed by atoms with Crippen LogP contribution in [-0.4, -0.2) is 70.5 Å². The van der Waals surface area contributed by atoms with Gasteiger partial charge < -0.3 is 20.5 Å². The first kappa shape index (κ1) is 16.3. The number of hydrogen-bond donors (Lipinski definition) is 2. The van der Waals surface area contributed by atoms with Crippen molar-refractivity contribution in [2.45, 2.75) is 13.0 Å². The second-order valence-corrected chi connectivity index (χ2v) is 3.78. The summed E-state index contributed by atoms with van der Waals surface area (Å²) >= 11 is 0. The van der Waals surface area contributed by atoms with Crippen molar-refractivity contribution in [1.29, 1.82) is 0 Å². The summed E-state index contributed by atoms with van der Waals surface area (Å²) < 4.78 is 9.89. The highest BCUT2D eigenvalue weighted by Gasteiger charge is 2.19. The van der Waals surface area contributed by atoms with E-state index in [4.69, 9.17) is 15.2 Å². The molecule has 0 aliphatic carbocycles. The molecule has 0 saturated heterocycles. The normalized spacial score (nSPS) is 12.8. The van der Waals surface area contributed by atoms with Gasteiger partial charge in [0.05, 0.1) is 19.3 Å². The fourth-order valence-corrected chi connectivity index (χ4v) is 1.46. The Labute approximate surface area is 103 Å². The van der Waals surface area contributed by atoms with Crippen molar-refractivity contribution >= 4 is 5.91 Å². The van der Waals surface area contributed by atoms with E-state index < -0.39 is 0 Å². The number of carbonyl (C=O) groups excluding carboxylic acids is 1. The summed E-state index contributed by atoms with van der Waals surface area (Å²) in [6.07, 6.45) is 0. The molecule has 0 aromatic rings. The van der Waals surface area contributed by atoms with Crippen LogP contribution < -0.4 is 11.1 Å². The number of carbonyl (C=O) groups is 1. The van der Waals surface area contributed by atoms with Gasteiger partial charge >= 0.3 is 0 Å². The molecule has 1 atom stereocenters. The Kier molecular flexibility index (Phi) is 10.0. The molecule has 0 aliphatic rings. The SMILES string of the molecule is COCCNC(=O)C(C)N(CCN)CCOC. The highest BCUT2D eigenvalue weighted by Crippen LogP contribution is 1.98. The summed E-state index contributed by atoms with van der Waals surface area (Å²) in [7, 11) is 3.25. The Morgan fingerprint density at radius 3 is 2.47 bits per heavy atom. The topological polar surface area (TPSA) is 76.8 Å². The van der Waals surface area contributed by atoms with Crippen molar-refractivity contribution in [1.82, 2.24) is 10.2 Å². The quantitative estimate of drug-likeness (QED) is 0.487. The van der Waals surface area contributed by atoms with Crippen LogP contribution in [0.3, 0.4) is 0 Å². The number of nitrogens with two attached hydrogens (primary N) is 1. The molecular weight excluding hydrogens is 222 g/mol. The summed E-state index contributed by atoms with van der Waals surface area (Å²) in [5, 5.41) is 2.81. The molecule has 102 valence electrons. The lowest BCUT2D eigenvalue weighted by Gasteiger charge is -2.27. The standard InChI is InChI=1S/C11H25N3O3/c1-10(11(15)13-5-8-16-2)14(6-4-12)7-9-17-3/h10H,4-9,12H2,1-3H3,(H,13,15). The summed E-state index contributed by atoms with van der Waals surface area (Å²) in [6.45, 7) is 5.42. The zero-order chi connectivity index (χ0) is 13.1. The monoisotopic (exact) mass is 247 g/mol. The molecular formula is C11H25N3O3. The Hall–Kier alpha value is -0.690. The van der Waals surface area contributed by atoms with Crippen molar-refractivity contribution in [3.63, 3.8) is 0 Å². The summed E-state index contributed by atoms with van der Waals surface area (Å²) in [6, 6.07) is -0.203. The van der Waals surface area contributed by atoms with Gasteiger partial charge in [0.1, 0.15) is 0 Å². The summed E-state index contributed by atoms with van der Waals surface area (Å²) in [5.74, 6) is -0.00777. The van der Waals surface area contributed by atoms with Gasteiger partial charge in [-0.2, -0.15) is 0 Å². The van der Waals surface area contributed by atoms with E-state index in [0.29, 0.717) is 39.4 Å². The van der Waals surface area contributed by atoms with Crippen LogP contribution in [0.25, 0.3) is 0 Å². The first-order chi connectivity index (χ1) is 8.17. The molecule has 0 aromatic carbocycles. The second kappa shape index (κ2) is 10.5. The molecule has 0 saturated carbocycles. The molecule has 0 aromatic heterocycles. The molecule has 0 aliphatic heterocycles. The Bertz CT molecular complexity index is 202. The third kappa shape index (κ3) is 7.27. The molecule has 6 nitrogen and oxygen atoms in total. The highest BCUT2D eigenvalue weighted by atomic mass is 16.5. The van der Waals surface area contributed by atoms with Gasteiger partial charge in [0.2, 0.25) is 5.91 Å². The Morgan fingerprint density at radius 1 is 1.29 bits per heavy atom. The number of nitrogens with one attached hydrogen (secondary N) is 1. The molecule has 1 unspecified atom stereocenters. The molecule has 0 rings (SSSR count). The number of ether oxygens (including phenoxy) is 2. The molecule has 0 spiro atoms. The van der Waals surface area contributed by atoms with Crippen molar-refractivity contribution < 1.29 is 14.3 Å². The molecule has 0 heterocycles. The van der Waals surface area contributed by atoms with Gasteiger partial charge in [-0.3, -0.25) is 9.69 Å². The molecule has 17 heavy (non-hydrogen) atoms. The Balaban J connectivity index is 4.08. The van der Waals surface area contributed by atoms with Crippen LogP contribution in [0.5, 0.6) is 0 Å². The van der Waals surface area contributed by atoms with Crippen molar-refractivity contribution in [3.8, 4) is 0 Å². The minimum atomic E-state index is -0.203. The summed E-state index contributed by atoms with van der Waals surface area (Å²) in [4.78, 5) is 13.8. The minimum absolute atomic E-state index is 0.00777. The number of hydrogen-bond acceptors (Lipinski definition) is 5. The maximum atomic E-state index is 11.8. The van der Waals surface area contributed by atoms with E-state index >= 15 is 0 Å². The van der Waals surface area contributed by atoms with Gasteiger partial charge in [0.25, 0.3) is 0 Å². The molecule has 1 amide bonds. The molecule has 6 heteroatoms. The average molecular weight is 247 g/mol. The molecule has 0 radical (unpaired) electrons. The lowest BCUT2D eigenvalue weighted by atomic mass is 10.2. The highest BCUT2D eigenvalue weighted by molar-refractivity contribution is 5.81. The smallest absolute Gasteiger partial charge is 0.237 e. The lowest BCUT2D eigenvalue weighted by molar-refractivity contribution is -0.126. The van der Waals surface area contributed by atoms with E-state index in [1.165, 1.54) is 0 Å². The Morgan fingerprint density at radius 2 is 1.94 bits per heavy atom. The van der Waals surface area contributed by atoms with Crippen LogP contribution in [0.4, 0.5) is 0 Å². The van der Waals surface area contributed by atoms with E-state index in [2.05, 4.69) is 5.32 Å². The van der Waals surface area contributed by atoms with Crippen LogP contribution in [-0.2, 0) is 14.3 Å². The third-order valence-corrected chi connectivity index (χ3v) is 2.53. The van der Waals surface area contributed by atoms with Gasteiger partial charge in [-0.15, -0.1) is 0 Å². The van der Waals surface area contributed by atoms with Gasteiger partial charge in [0.15, 0.2) is 0 Å².